The smallest absolute Gasteiger partial charge is 0.416 e. The highest BCUT2D eigenvalue weighted by molar-refractivity contribution is 6.03. The van der Waals surface area contributed by atoms with Gasteiger partial charge in [0.1, 0.15) is 11.9 Å². The average Bonchev–Trinajstić information content (AvgIpc) is 3.20. The number of tetrazole rings is 1. The van der Waals surface area contributed by atoms with E-state index < -0.39 is 34.8 Å². The second kappa shape index (κ2) is 8.97. The van der Waals surface area contributed by atoms with Crippen LogP contribution in [-0.2, 0) is 25.9 Å². The molecule has 3 aromatic rings. The van der Waals surface area contributed by atoms with Crippen molar-refractivity contribution >= 4 is 17.6 Å². The van der Waals surface area contributed by atoms with E-state index in [1.165, 1.54) is 18.2 Å². The normalized spacial score (nSPS) is 18.6. The minimum atomic E-state index is -4.70. The third-order valence-corrected chi connectivity index (χ3v) is 6.26. The second-order valence-electron chi connectivity index (χ2n) is 8.63. The van der Waals surface area contributed by atoms with Crippen LogP contribution in [0.4, 0.5) is 23.2 Å². The molecular weight excluding hydrogens is 486 g/mol. The number of carbonyl (C=O) groups excluding carboxylic acids is 2. The first-order valence-electron chi connectivity index (χ1n) is 11.0. The molecule has 2 fully saturated rings. The van der Waals surface area contributed by atoms with E-state index in [9.17, 15) is 27.2 Å². The summed E-state index contributed by atoms with van der Waals surface area (Å²) in [5.41, 5.74) is -1.86. The highest BCUT2D eigenvalue weighted by atomic mass is 19.4. The minimum Gasteiger partial charge on any atom is -0.456 e. The van der Waals surface area contributed by atoms with Gasteiger partial charge in [0.25, 0.3) is 0 Å². The number of nitrogens with zero attached hydrogens (tertiary/aromatic N) is 3. The molecule has 0 unspecified atom stereocenters. The summed E-state index contributed by atoms with van der Waals surface area (Å²) in [6, 6.07) is 6.52. The largest absolute Gasteiger partial charge is 0.456 e. The molecule has 9 nitrogen and oxygen atoms in total. The van der Waals surface area contributed by atoms with E-state index in [2.05, 4.69) is 25.9 Å². The predicted molar refractivity (Wildman–Crippen MR) is 115 cm³/mol. The van der Waals surface area contributed by atoms with Crippen LogP contribution in [0.3, 0.4) is 0 Å². The fraction of sp³-hybridized carbons (Fsp3) is 0.348. The molecule has 1 saturated carbocycles. The number of nitrogens with one attached hydrogen (secondary N) is 2. The Hall–Kier alpha value is -3.87. The SMILES string of the molecule is O=C(O[C@@H]1CCOC1)c1ccc(NC(=O)C2(c3ccc(C(F)(F)F)cc3F)CC2)cc1-c1nnn[nH]1. The molecule has 188 valence electrons. The van der Waals surface area contributed by atoms with Gasteiger partial charge in [-0.05, 0) is 53.6 Å². The molecule has 13 heteroatoms. The van der Waals surface area contributed by atoms with Gasteiger partial charge >= 0.3 is 12.1 Å². The zero-order valence-electron chi connectivity index (χ0n) is 18.6. The number of anilines is 1. The van der Waals surface area contributed by atoms with Crippen molar-refractivity contribution in [1.29, 1.82) is 0 Å². The number of H-pyrrole nitrogens is 1. The van der Waals surface area contributed by atoms with Crippen molar-refractivity contribution in [3.05, 3.63) is 58.9 Å². The number of halogens is 4. The van der Waals surface area contributed by atoms with Gasteiger partial charge in [0.15, 0.2) is 5.82 Å². The predicted octanol–water partition coefficient (Wildman–Crippen LogP) is 3.64. The van der Waals surface area contributed by atoms with Gasteiger partial charge in [-0.25, -0.2) is 14.3 Å². The van der Waals surface area contributed by atoms with E-state index in [1.54, 1.807) is 0 Å². The standard InChI is InChI=1S/C23H19F4N5O4/c24-18-9-12(23(25,26)27)1-4-17(18)22(6-7-22)21(34)28-13-2-3-15(16(10-13)19-29-31-32-30-19)20(33)36-14-5-8-35-11-14/h1-4,9-10,14H,5-8,11H2,(H,28,34)(H,29,30,31,32)/t14-/m1/s1. The Balaban J connectivity index is 1.40. The van der Waals surface area contributed by atoms with E-state index in [1.807, 2.05) is 0 Å². The summed E-state index contributed by atoms with van der Waals surface area (Å²) >= 11 is 0. The van der Waals surface area contributed by atoms with Crippen LogP contribution in [0, 0.1) is 5.82 Å². The van der Waals surface area contributed by atoms with E-state index in [0.717, 1.165) is 12.1 Å². The Morgan fingerprint density at radius 1 is 1.17 bits per heavy atom. The number of rotatable bonds is 6. The number of benzene rings is 2. The summed E-state index contributed by atoms with van der Waals surface area (Å²) in [5, 5.41) is 16.1. The lowest BCUT2D eigenvalue weighted by molar-refractivity contribution is -0.137. The Kier molecular flexibility index (Phi) is 5.94. The number of alkyl halides is 3. The summed E-state index contributed by atoms with van der Waals surface area (Å²) in [4.78, 5) is 25.9. The fourth-order valence-electron chi connectivity index (χ4n) is 4.16. The monoisotopic (exact) mass is 505 g/mol. The maximum atomic E-state index is 14.6. The lowest BCUT2D eigenvalue weighted by Gasteiger charge is -2.18. The van der Waals surface area contributed by atoms with Crippen LogP contribution in [-0.4, -0.2) is 51.8 Å². The molecule has 2 aliphatic rings. The van der Waals surface area contributed by atoms with Crippen LogP contribution >= 0.6 is 0 Å². The molecule has 36 heavy (non-hydrogen) atoms. The summed E-state index contributed by atoms with van der Waals surface area (Å²) in [5.74, 6) is -2.16. The fourth-order valence-corrected chi connectivity index (χ4v) is 4.16. The van der Waals surface area contributed by atoms with Gasteiger partial charge in [0.05, 0.1) is 29.8 Å². The van der Waals surface area contributed by atoms with Crippen LogP contribution in [0.5, 0.6) is 0 Å². The van der Waals surface area contributed by atoms with E-state index >= 15 is 0 Å². The molecule has 2 heterocycles. The molecule has 1 aromatic heterocycles. The molecule has 1 saturated heterocycles. The van der Waals surface area contributed by atoms with Crippen LogP contribution in [0.1, 0.15) is 40.7 Å². The molecule has 1 aliphatic heterocycles. The van der Waals surface area contributed by atoms with Crippen LogP contribution in [0.15, 0.2) is 36.4 Å². The number of hydrogen-bond donors (Lipinski definition) is 2. The number of aromatic nitrogens is 4. The lowest BCUT2D eigenvalue weighted by atomic mass is 9.93. The number of hydrogen-bond acceptors (Lipinski definition) is 7. The molecular formula is C23H19F4N5O4. The summed E-state index contributed by atoms with van der Waals surface area (Å²) in [6.45, 7) is 0.782. The molecule has 2 N–H and O–H groups in total. The van der Waals surface area contributed by atoms with Crippen molar-refractivity contribution in [1.82, 2.24) is 20.6 Å². The van der Waals surface area contributed by atoms with Gasteiger partial charge in [0, 0.05) is 23.2 Å². The number of esters is 1. The van der Waals surface area contributed by atoms with Gasteiger partial charge in [-0.15, -0.1) is 5.10 Å². The van der Waals surface area contributed by atoms with Crippen molar-refractivity contribution in [3.63, 3.8) is 0 Å². The zero-order chi connectivity index (χ0) is 25.5. The summed E-state index contributed by atoms with van der Waals surface area (Å²) in [7, 11) is 0. The first-order chi connectivity index (χ1) is 17.2. The van der Waals surface area contributed by atoms with Crippen molar-refractivity contribution in [2.75, 3.05) is 18.5 Å². The number of carbonyl (C=O) groups is 2. The first-order valence-corrected chi connectivity index (χ1v) is 11.0. The van der Waals surface area contributed by atoms with Crippen LogP contribution in [0.25, 0.3) is 11.4 Å². The minimum absolute atomic E-state index is 0.105. The van der Waals surface area contributed by atoms with Crippen LogP contribution < -0.4 is 5.32 Å². The Morgan fingerprint density at radius 2 is 1.97 bits per heavy atom. The first kappa shape index (κ1) is 23.9. The third kappa shape index (κ3) is 4.53. The number of ether oxygens (including phenoxy) is 2. The second-order valence-corrected chi connectivity index (χ2v) is 8.63. The lowest BCUT2D eigenvalue weighted by Crippen LogP contribution is -2.29. The molecule has 1 aliphatic carbocycles. The maximum Gasteiger partial charge on any atom is 0.416 e. The van der Waals surface area contributed by atoms with Crippen molar-refractivity contribution in [2.24, 2.45) is 0 Å². The number of aromatic amines is 1. The molecule has 1 atom stereocenters. The Morgan fingerprint density at radius 3 is 2.58 bits per heavy atom. The summed E-state index contributed by atoms with van der Waals surface area (Å²) < 4.78 is 64.0. The maximum absolute atomic E-state index is 14.6. The van der Waals surface area contributed by atoms with Crippen LogP contribution in [0.2, 0.25) is 0 Å². The molecule has 1 amide bonds. The van der Waals surface area contributed by atoms with Gasteiger partial charge in [-0.2, -0.15) is 13.2 Å². The highest BCUT2D eigenvalue weighted by Crippen LogP contribution is 2.50. The molecule has 2 aromatic carbocycles. The molecule has 0 bridgehead atoms. The van der Waals surface area contributed by atoms with E-state index in [4.69, 9.17) is 9.47 Å². The van der Waals surface area contributed by atoms with Crippen molar-refractivity contribution in [2.45, 2.75) is 37.0 Å². The average molecular weight is 505 g/mol. The highest BCUT2D eigenvalue weighted by Gasteiger charge is 2.53. The zero-order valence-corrected chi connectivity index (χ0v) is 18.6. The van der Waals surface area contributed by atoms with Gasteiger partial charge in [-0.1, -0.05) is 6.07 Å². The van der Waals surface area contributed by atoms with Crippen molar-refractivity contribution < 1.29 is 36.6 Å². The Bertz CT molecular complexity index is 1300. The molecule has 0 radical (unpaired) electrons. The van der Waals surface area contributed by atoms with Gasteiger partial charge in [-0.3, -0.25) is 4.79 Å². The Labute approximate surface area is 201 Å². The van der Waals surface area contributed by atoms with E-state index in [-0.39, 0.29) is 47.1 Å². The van der Waals surface area contributed by atoms with E-state index in [0.29, 0.717) is 25.7 Å². The third-order valence-electron chi connectivity index (χ3n) is 6.26. The van der Waals surface area contributed by atoms with Crippen molar-refractivity contribution in [3.8, 4) is 11.4 Å². The van der Waals surface area contributed by atoms with Gasteiger partial charge in [0.2, 0.25) is 5.91 Å². The topological polar surface area (TPSA) is 119 Å². The number of amides is 1. The molecule has 5 rings (SSSR count). The molecule has 0 spiro atoms. The van der Waals surface area contributed by atoms with Gasteiger partial charge < -0.3 is 14.8 Å². The quantitative estimate of drug-likeness (QED) is 0.388. The summed E-state index contributed by atoms with van der Waals surface area (Å²) in [6.07, 6.45) is -3.97.